The van der Waals surface area contributed by atoms with E-state index >= 15 is 8.78 Å². The number of hydrogen-bond donors (Lipinski definition) is 4. The van der Waals surface area contributed by atoms with E-state index in [9.17, 15) is 24.1 Å². The summed E-state index contributed by atoms with van der Waals surface area (Å²) in [6.45, 7) is 7.95. The van der Waals surface area contributed by atoms with Crippen molar-refractivity contribution in [3.05, 3.63) is 76.8 Å². The second-order valence-electron chi connectivity index (χ2n) is 12.6. The van der Waals surface area contributed by atoms with Crippen LogP contribution in [0.2, 0.25) is 0 Å². The lowest BCUT2D eigenvalue weighted by Crippen LogP contribution is -2.42. The Labute approximate surface area is 285 Å². The normalized spacial score (nSPS) is 22.3. The first kappa shape index (κ1) is 36.9. The molecule has 3 heterocycles. The number of nitrogens with one attached hydrogen (secondary N) is 3. The number of ether oxygens (including phenoxy) is 3. The molecule has 1 fully saturated rings. The van der Waals surface area contributed by atoms with E-state index in [1.54, 1.807) is 44.2 Å². The Kier molecular flexibility index (Phi) is 10.6. The average molecular weight is 722 g/mol. The van der Waals surface area contributed by atoms with Crippen molar-refractivity contribution < 1.29 is 51.3 Å². The number of amides is 1. The molecule has 5 rings (SSSR count). The van der Waals surface area contributed by atoms with Gasteiger partial charge in [0.25, 0.3) is 5.91 Å². The first-order valence-corrected chi connectivity index (χ1v) is 17.1. The monoisotopic (exact) mass is 721 g/mol. The molecule has 1 amide bonds. The highest BCUT2D eigenvalue weighted by Crippen LogP contribution is 2.48. The van der Waals surface area contributed by atoms with Gasteiger partial charge in [-0.3, -0.25) is 18.7 Å². The van der Waals surface area contributed by atoms with Crippen LogP contribution in [0.3, 0.4) is 0 Å². The maximum atomic E-state index is 15.4. The molecule has 50 heavy (non-hydrogen) atoms. The molecule has 0 bridgehead atoms. The van der Waals surface area contributed by atoms with Gasteiger partial charge in [-0.05, 0) is 71.0 Å². The Morgan fingerprint density at radius 3 is 2.56 bits per heavy atom. The fraction of sp³-hybridized carbons (Fsp3) is 0.438. The number of aromatic nitrogens is 2. The number of para-hydroxylation sites is 1. The Balaban J connectivity index is 1.28. The number of fused-ring (bicyclic) bond motifs is 1. The van der Waals surface area contributed by atoms with Crippen molar-refractivity contribution in [1.82, 2.24) is 14.6 Å². The summed E-state index contributed by atoms with van der Waals surface area (Å²) in [6, 6.07) is 12.3. The highest BCUT2D eigenvalue weighted by Gasteiger charge is 2.60. The lowest BCUT2D eigenvalue weighted by molar-refractivity contribution is -0.149. The maximum absolute atomic E-state index is 15.4. The van der Waals surface area contributed by atoms with E-state index in [0.29, 0.717) is 22.6 Å². The van der Waals surface area contributed by atoms with Crippen molar-refractivity contribution in [2.24, 2.45) is 0 Å². The van der Waals surface area contributed by atoms with Gasteiger partial charge in [0.2, 0.25) is 6.23 Å². The van der Waals surface area contributed by atoms with E-state index in [4.69, 9.17) is 23.3 Å². The molecule has 0 spiro atoms. The number of hydrogen-bond acceptors (Lipinski definition) is 12. The number of carbonyl (C=O) groups excluding carboxylic acids is 2. The van der Waals surface area contributed by atoms with Crippen molar-refractivity contribution in [3.8, 4) is 11.5 Å². The standard InChI is InChI=1S/C32H38F2N5O10P/c1-18(2)47-28(42)19(3)38-50(44,49-21-9-7-6-8-10-21)46-16-24-26(40)32(33,34)29(48-24)39-14-13-25(36-30(39)43)35-27(41)20-11-12-23-22(15-20)37-31(4,5)17-45-23/h6-15,18-19,24,26,29,37,40H,16-17H2,1-5H3,(H,38,44)(H,35,36,41,43)/t19-,24-,26-,29?,50?/m1/s1. The summed E-state index contributed by atoms with van der Waals surface area (Å²) in [5.41, 5.74) is -0.780. The molecule has 5 atom stereocenters. The molecule has 270 valence electrons. The molecule has 3 aromatic rings. The smallest absolute Gasteiger partial charge is 0.459 e. The molecule has 1 aromatic heterocycles. The summed E-state index contributed by atoms with van der Waals surface area (Å²) in [7, 11) is -4.49. The zero-order valence-corrected chi connectivity index (χ0v) is 28.7. The minimum Gasteiger partial charge on any atom is -0.489 e. The third-order valence-electron chi connectivity index (χ3n) is 7.44. The van der Waals surface area contributed by atoms with Gasteiger partial charge in [0.05, 0.1) is 23.9 Å². The molecular weight excluding hydrogens is 683 g/mol. The molecule has 2 aliphatic rings. The van der Waals surface area contributed by atoms with Gasteiger partial charge < -0.3 is 34.5 Å². The fourth-order valence-electron chi connectivity index (χ4n) is 5.01. The zero-order chi connectivity index (χ0) is 36.4. The van der Waals surface area contributed by atoms with Crippen LogP contribution in [-0.4, -0.2) is 75.6 Å². The van der Waals surface area contributed by atoms with Crippen LogP contribution in [0, 0.1) is 0 Å². The third-order valence-corrected chi connectivity index (χ3v) is 9.09. The zero-order valence-electron chi connectivity index (χ0n) is 27.8. The van der Waals surface area contributed by atoms with Gasteiger partial charge in [0, 0.05) is 11.8 Å². The van der Waals surface area contributed by atoms with Crippen molar-refractivity contribution in [2.75, 3.05) is 23.8 Å². The van der Waals surface area contributed by atoms with Crippen LogP contribution in [0.25, 0.3) is 0 Å². The van der Waals surface area contributed by atoms with Crippen LogP contribution in [-0.2, 0) is 23.4 Å². The Morgan fingerprint density at radius 1 is 1.16 bits per heavy atom. The van der Waals surface area contributed by atoms with Crippen LogP contribution >= 0.6 is 7.75 Å². The van der Waals surface area contributed by atoms with Crippen molar-refractivity contribution in [3.63, 3.8) is 0 Å². The number of aliphatic hydroxyl groups excluding tert-OH is 1. The fourth-order valence-corrected chi connectivity index (χ4v) is 6.52. The molecule has 0 saturated carbocycles. The highest BCUT2D eigenvalue weighted by molar-refractivity contribution is 7.52. The van der Waals surface area contributed by atoms with E-state index in [1.807, 2.05) is 13.8 Å². The predicted molar refractivity (Wildman–Crippen MR) is 175 cm³/mol. The first-order valence-electron chi connectivity index (χ1n) is 15.6. The van der Waals surface area contributed by atoms with Crippen molar-refractivity contribution in [2.45, 2.75) is 76.7 Å². The summed E-state index contributed by atoms with van der Waals surface area (Å²) in [5.74, 6) is -5.06. The largest absolute Gasteiger partial charge is 0.489 e. The molecule has 2 unspecified atom stereocenters. The van der Waals surface area contributed by atoms with Crippen molar-refractivity contribution in [1.29, 1.82) is 0 Å². The molecule has 2 aromatic carbocycles. The van der Waals surface area contributed by atoms with Crippen molar-refractivity contribution >= 4 is 31.1 Å². The number of nitrogens with zero attached hydrogens (tertiary/aromatic N) is 2. The second kappa shape index (κ2) is 14.4. The van der Waals surface area contributed by atoms with Crippen LogP contribution in [0.5, 0.6) is 11.5 Å². The number of halogens is 2. The lowest BCUT2D eigenvalue weighted by Gasteiger charge is -2.33. The number of rotatable bonds is 12. The van der Waals surface area contributed by atoms with E-state index < -0.39 is 68.4 Å². The average Bonchev–Trinajstić information content (AvgIpc) is 3.26. The van der Waals surface area contributed by atoms with Gasteiger partial charge in [-0.15, -0.1) is 0 Å². The van der Waals surface area contributed by atoms with E-state index in [1.165, 1.54) is 25.1 Å². The molecule has 2 aliphatic heterocycles. The predicted octanol–water partition coefficient (Wildman–Crippen LogP) is 4.11. The van der Waals surface area contributed by atoms with Gasteiger partial charge in [-0.1, -0.05) is 18.2 Å². The number of aliphatic hydroxyl groups is 1. The minimum absolute atomic E-state index is 0.0647. The number of benzene rings is 2. The molecule has 0 radical (unpaired) electrons. The minimum atomic E-state index is -4.49. The molecule has 18 heteroatoms. The van der Waals surface area contributed by atoms with Gasteiger partial charge in [0.1, 0.15) is 36.1 Å². The third kappa shape index (κ3) is 8.47. The first-order chi connectivity index (χ1) is 23.5. The lowest BCUT2D eigenvalue weighted by atomic mass is 10.0. The van der Waals surface area contributed by atoms with Gasteiger partial charge in [0.15, 0.2) is 6.10 Å². The van der Waals surface area contributed by atoms with Crippen LogP contribution in [0.4, 0.5) is 20.3 Å². The second-order valence-corrected chi connectivity index (χ2v) is 14.3. The molecule has 4 N–H and O–H groups in total. The summed E-state index contributed by atoms with van der Waals surface area (Å²) in [4.78, 5) is 42.0. The summed E-state index contributed by atoms with van der Waals surface area (Å²) in [6.07, 6.45) is -6.26. The maximum Gasteiger partial charge on any atom is 0.459 e. The quantitative estimate of drug-likeness (QED) is 0.155. The summed E-state index contributed by atoms with van der Waals surface area (Å²) < 4.78 is 72.0. The van der Waals surface area contributed by atoms with Gasteiger partial charge in [-0.2, -0.15) is 18.9 Å². The highest BCUT2D eigenvalue weighted by atomic mass is 31.2. The van der Waals surface area contributed by atoms with Crippen LogP contribution < -0.4 is 30.7 Å². The van der Waals surface area contributed by atoms with E-state index in [2.05, 4.69) is 20.7 Å². The Bertz CT molecular complexity index is 1830. The Morgan fingerprint density at radius 2 is 1.88 bits per heavy atom. The summed E-state index contributed by atoms with van der Waals surface area (Å²) in [5, 5.41) is 18.7. The molecular formula is C32H38F2N5O10P. The van der Waals surface area contributed by atoms with Gasteiger partial charge >= 0.3 is 25.3 Å². The van der Waals surface area contributed by atoms with E-state index in [-0.39, 0.29) is 22.7 Å². The number of alkyl halides is 2. The van der Waals surface area contributed by atoms with E-state index in [0.717, 1.165) is 12.3 Å². The van der Waals surface area contributed by atoms with Crippen LogP contribution in [0.15, 0.2) is 65.6 Å². The SMILES string of the molecule is CC(C)OC(=O)[C@@H](C)NP(=O)(OC[C@H]1OC(n2ccc(NC(=O)c3ccc4c(c3)NC(C)(C)CO4)nc2=O)C(F)(F)[C@@H]1O)Oc1ccccc1. The summed E-state index contributed by atoms with van der Waals surface area (Å²) >= 11 is 0. The number of carbonyl (C=O) groups is 2. The van der Waals surface area contributed by atoms with Gasteiger partial charge in [-0.25, -0.2) is 9.36 Å². The topological polar surface area (TPSA) is 189 Å². The molecule has 0 aliphatic carbocycles. The Hall–Kier alpha value is -4.41. The van der Waals surface area contributed by atoms with Crippen LogP contribution in [0.1, 0.15) is 51.2 Å². The number of esters is 1. The molecule has 15 nitrogen and oxygen atoms in total. The number of anilines is 2. The molecule has 1 saturated heterocycles.